The van der Waals surface area contributed by atoms with Gasteiger partial charge in [0.25, 0.3) is 5.91 Å². The molecule has 1 amide bonds. The number of fused-ring (bicyclic) bond motifs is 1. The van der Waals surface area contributed by atoms with Gasteiger partial charge in [-0.3, -0.25) is 4.79 Å². The zero-order chi connectivity index (χ0) is 14.1. The minimum Gasteiger partial charge on any atom is -0.441 e. The number of anilines is 1. The van der Waals surface area contributed by atoms with Gasteiger partial charge in [0.2, 0.25) is 0 Å². The number of hydrogen-bond acceptors (Lipinski definition) is 4. The summed E-state index contributed by atoms with van der Waals surface area (Å²) in [6.45, 7) is 4.68. The number of hydrogen-bond donors (Lipinski definition) is 1. The predicted molar refractivity (Wildman–Crippen MR) is 75.5 cm³/mol. The molecule has 20 heavy (non-hydrogen) atoms. The fourth-order valence-corrected chi connectivity index (χ4v) is 2.45. The molecule has 106 valence electrons. The van der Waals surface area contributed by atoms with Crippen LogP contribution in [-0.2, 0) is 16.0 Å². The SMILES string of the molecule is CCc1nc2cc(NC(=O)[C@@H]3OCC[C@@H]3C)ccc2o1. The van der Waals surface area contributed by atoms with Crippen molar-refractivity contribution in [1.29, 1.82) is 0 Å². The molecule has 1 aliphatic rings. The van der Waals surface area contributed by atoms with Crippen LogP contribution >= 0.6 is 0 Å². The minimum absolute atomic E-state index is 0.0893. The third-order valence-electron chi connectivity index (χ3n) is 3.65. The summed E-state index contributed by atoms with van der Waals surface area (Å²) in [5, 5.41) is 2.89. The summed E-state index contributed by atoms with van der Waals surface area (Å²) in [6.07, 6.45) is 1.33. The molecule has 0 bridgehead atoms. The number of benzene rings is 1. The quantitative estimate of drug-likeness (QED) is 0.934. The number of oxazole rings is 1. The highest BCUT2D eigenvalue weighted by Gasteiger charge is 2.30. The largest absolute Gasteiger partial charge is 0.441 e. The lowest BCUT2D eigenvalue weighted by molar-refractivity contribution is -0.126. The Morgan fingerprint density at radius 3 is 3.05 bits per heavy atom. The Morgan fingerprint density at radius 2 is 2.35 bits per heavy atom. The van der Waals surface area contributed by atoms with E-state index in [4.69, 9.17) is 9.15 Å². The Hall–Kier alpha value is -1.88. The van der Waals surface area contributed by atoms with E-state index in [0.29, 0.717) is 12.5 Å². The highest BCUT2D eigenvalue weighted by atomic mass is 16.5. The molecule has 0 aliphatic carbocycles. The summed E-state index contributed by atoms with van der Waals surface area (Å²) in [5.41, 5.74) is 2.23. The van der Waals surface area contributed by atoms with Gasteiger partial charge in [-0.05, 0) is 30.5 Å². The number of carbonyl (C=O) groups excluding carboxylic acids is 1. The average Bonchev–Trinajstić information content (AvgIpc) is 3.03. The lowest BCUT2D eigenvalue weighted by Gasteiger charge is -2.14. The minimum atomic E-state index is -0.353. The van der Waals surface area contributed by atoms with Crippen LogP contribution in [-0.4, -0.2) is 23.6 Å². The Labute approximate surface area is 117 Å². The molecule has 2 aromatic rings. The predicted octanol–water partition coefficient (Wildman–Crippen LogP) is 2.75. The van der Waals surface area contributed by atoms with Crippen molar-refractivity contribution < 1.29 is 13.9 Å². The molecule has 0 saturated carbocycles. The van der Waals surface area contributed by atoms with E-state index in [0.717, 1.165) is 29.6 Å². The number of nitrogens with one attached hydrogen (secondary N) is 1. The highest BCUT2D eigenvalue weighted by Crippen LogP contribution is 2.23. The number of amides is 1. The molecule has 2 heterocycles. The van der Waals surface area contributed by atoms with Crippen LogP contribution in [0, 0.1) is 5.92 Å². The van der Waals surface area contributed by atoms with Crippen molar-refractivity contribution in [3.63, 3.8) is 0 Å². The number of rotatable bonds is 3. The van der Waals surface area contributed by atoms with Crippen molar-refractivity contribution in [3.8, 4) is 0 Å². The van der Waals surface area contributed by atoms with E-state index in [2.05, 4.69) is 10.3 Å². The first-order valence-corrected chi connectivity index (χ1v) is 6.99. The standard InChI is InChI=1S/C15H18N2O3/c1-3-13-17-11-8-10(4-5-12(11)20-13)16-15(18)14-9(2)6-7-19-14/h4-5,8-9,14H,3,6-7H2,1-2H3,(H,16,18)/t9-,14+/m0/s1. The zero-order valence-electron chi connectivity index (χ0n) is 11.7. The van der Waals surface area contributed by atoms with E-state index >= 15 is 0 Å². The fraction of sp³-hybridized carbons (Fsp3) is 0.467. The number of carbonyl (C=O) groups is 1. The molecule has 1 aliphatic heterocycles. The van der Waals surface area contributed by atoms with Crippen LogP contribution in [0.2, 0.25) is 0 Å². The molecule has 1 saturated heterocycles. The zero-order valence-corrected chi connectivity index (χ0v) is 11.7. The van der Waals surface area contributed by atoms with Crippen molar-refractivity contribution in [1.82, 2.24) is 4.98 Å². The second-order valence-electron chi connectivity index (χ2n) is 5.19. The van der Waals surface area contributed by atoms with Crippen molar-refractivity contribution >= 4 is 22.7 Å². The Balaban J connectivity index is 1.78. The molecule has 1 N–H and O–H groups in total. The summed E-state index contributed by atoms with van der Waals surface area (Å²) < 4.78 is 11.0. The van der Waals surface area contributed by atoms with E-state index in [1.54, 1.807) is 0 Å². The smallest absolute Gasteiger partial charge is 0.253 e. The molecule has 3 rings (SSSR count). The fourth-order valence-electron chi connectivity index (χ4n) is 2.45. The Kier molecular flexibility index (Phi) is 3.44. The van der Waals surface area contributed by atoms with Gasteiger partial charge in [-0.15, -0.1) is 0 Å². The van der Waals surface area contributed by atoms with Crippen LogP contribution in [0.15, 0.2) is 22.6 Å². The summed E-state index contributed by atoms with van der Waals surface area (Å²) in [4.78, 5) is 16.5. The van der Waals surface area contributed by atoms with E-state index in [1.807, 2.05) is 32.0 Å². The highest BCUT2D eigenvalue weighted by molar-refractivity contribution is 5.96. The maximum absolute atomic E-state index is 12.1. The number of aromatic nitrogens is 1. The van der Waals surface area contributed by atoms with Crippen LogP contribution in [0.1, 0.15) is 26.2 Å². The summed E-state index contributed by atoms with van der Waals surface area (Å²) in [5.74, 6) is 0.877. The van der Waals surface area contributed by atoms with Crippen molar-refractivity contribution in [2.24, 2.45) is 5.92 Å². The lowest BCUT2D eigenvalue weighted by Crippen LogP contribution is -2.31. The maximum Gasteiger partial charge on any atom is 0.253 e. The molecule has 0 unspecified atom stereocenters. The van der Waals surface area contributed by atoms with E-state index in [9.17, 15) is 4.79 Å². The normalized spacial score (nSPS) is 22.3. The first kappa shape index (κ1) is 13.1. The van der Waals surface area contributed by atoms with Crippen LogP contribution in [0.4, 0.5) is 5.69 Å². The second kappa shape index (κ2) is 5.25. The van der Waals surface area contributed by atoms with Crippen LogP contribution in [0.25, 0.3) is 11.1 Å². The van der Waals surface area contributed by atoms with Gasteiger partial charge in [-0.1, -0.05) is 13.8 Å². The average molecular weight is 274 g/mol. The number of aryl methyl sites for hydroxylation is 1. The van der Waals surface area contributed by atoms with Gasteiger partial charge in [0.1, 0.15) is 11.6 Å². The topological polar surface area (TPSA) is 64.4 Å². The third-order valence-corrected chi connectivity index (χ3v) is 3.65. The molecule has 0 spiro atoms. The summed E-state index contributed by atoms with van der Waals surface area (Å²) >= 11 is 0. The van der Waals surface area contributed by atoms with Gasteiger partial charge < -0.3 is 14.5 Å². The summed E-state index contributed by atoms with van der Waals surface area (Å²) in [7, 11) is 0. The lowest BCUT2D eigenvalue weighted by atomic mass is 10.0. The number of nitrogens with zero attached hydrogens (tertiary/aromatic N) is 1. The Morgan fingerprint density at radius 1 is 1.50 bits per heavy atom. The molecule has 0 radical (unpaired) electrons. The molecule has 5 heteroatoms. The van der Waals surface area contributed by atoms with E-state index < -0.39 is 0 Å². The van der Waals surface area contributed by atoms with Gasteiger partial charge >= 0.3 is 0 Å². The van der Waals surface area contributed by atoms with E-state index in [-0.39, 0.29) is 17.9 Å². The van der Waals surface area contributed by atoms with Crippen molar-refractivity contribution in [2.75, 3.05) is 11.9 Å². The van der Waals surface area contributed by atoms with Crippen molar-refractivity contribution in [3.05, 3.63) is 24.1 Å². The molecule has 1 aromatic carbocycles. The van der Waals surface area contributed by atoms with Gasteiger partial charge in [-0.25, -0.2) is 4.98 Å². The molecule has 1 aromatic heterocycles. The van der Waals surface area contributed by atoms with Crippen molar-refractivity contribution in [2.45, 2.75) is 32.8 Å². The van der Waals surface area contributed by atoms with Gasteiger partial charge in [0.05, 0.1) is 0 Å². The van der Waals surface area contributed by atoms with Gasteiger partial charge in [0, 0.05) is 18.7 Å². The van der Waals surface area contributed by atoms with Crippen LogP contribution < -0.4 is 5.32 Å². The maximum atomic E-state index is 12.1. The molecule has 1 fully saturated rings. The van der Waals surface area contributed by atoms with Gasteiger partial charge in [0.15, 0.2) is 11.5 Å². The summed E-state index contributed by atoms with van der Waals surface area (Å²) in [6, 6.07) is 5.48. The molecular formula is C15H18N2O3. The monoisotopic (exact) mass is 274 g/mol. The van der Waals surface area contributed by atoms with Crippen LogP contribution in [0.5, 0.6) is 0 Å². The van der Waals surface area contributed by atoms with Gasteiger partial charge in [-0.2, -0.15) is 0 Å². The third kappa shape index (κ3) is 2.41. The Bertz CT molecular complexity index is 635. The van der Waals surface area contributed by atoms with Crippen LogP contribution in [0.3, 0.4) is 0 Å². The molecule has 5 nitrogen and oxygen atoms in total. The number of ether oxygens (including phenoxy) is 1. The first-order chi connectivity index (χ1) is 9.67. The molecular weight excluding hydrogens is 256 g/mol. The van der Waals surface area contributed by atoms with E-state index in [1.165, 1.54) is 0 Å². The molecule has 2 atom stereocenters. The first-order valence-electron chi connectivity index (χ1n) is 6.99. The second-order valence-corrected chi connectivity index (χ2v) is 5.19.